The molecule has 352 valence electrons. The number of halogens is 1. The second-order valence-corrected chi connectivity index (χ2v) is 22.1. The van der Waals surface area contributed by atoms with Crippen molar-refractivity contribution in [3.05, 3.63) is 46.3 Å². The van der Waals surface area contributed by atoms with Gasteiger partial charge in [-0.2, -0.15) is 0 Å². The lowest BCUT2D eigenvalue weighted by molar-refractivity contribution is -0.157. The molecule has 2 aliphatic heterocycles. The molecule has 8 rings (SSSR count). The number of benzene rings is 1. The Hall–Kier alpha value is -4.11. The van der Waals surface area contributed by atoms with Crippen LogP contribution in [0.25, 0.3) is 22.3 Å². The van der Waals surface area contributed by atoms with Crippen LogP contribution < -0.4 is 9.47 Å². The van der Waals surface area contributed by atoms with Crippen molar-refractivity contribution in [1.82, 2.24) is 24.7 Å². The van der Waals surface area contributed by atoms with Gasteiger partial charge in [0.25, 0.3) is 0 Å². The van der Waals surface area contributed by atoms with Crippen LogP contribution in [0.4, 0.5) is 0 Å². The fourth-order valence-corrected chi connectivity index (χ4v) is 11.6. The van der Waals surface area contributed by atoms with Crippen LogP contribution in [0.2, 0.25) is 5.02 Å². The standard InChI is InChI=1S/C50H66ClN5O8S/c1-9-32-25-50(32,48(60)61-8)26-40(57)39-22-34(27-56(39)47(59)36(49(4,5)6)23-44(58)64-33-20-30-19-31(30)21-33)63-42-24-37(38-28-65-43(52-38)18-29(2)3)53-46-35(42)10-11-41(45(46)51)62-17-16-55-14-12-54(7)13-15-55/h9-11,24,28-34,36,39H,1,12-23,25-27H2,2-8H3/t30-,31+,32-,33?,34-,36-,39+,50?/m1/s1. The SMILES string of the molecule is C=C[C@@H]1CC1(CC(=O)[C@@H]1C[C@@H](Oc2cc(-c3csc(CC(C)C)n3)nc3c(Cl)c(OCCN4CCN(C)CC4)ccc23)CN1C(=O)[C@@H](CC(=O)OC1C[C@@H]2C[C@@H]2C1)C(C)(C)C)C(=O)OC. The number of Topliss-reactive ketones (excluding diaryl/α,β-unsaturated/α-hetero) is 1. The number of methoxy groups -OCH3 is 1. The molecule has 3 aliphatic carbocycles. The van der Waals surface area contributed by atoms with Gasteiger partial charge in [0.15, 0.2) is 5.78 Å². The van der Waals surface area contributed by atoms with Crippen molar-refractivity contribution < 1.29 is 38.1 Å². The minimum absolute atomic E-state index is 0.0779. The Bertz CT molecular complexity index is 2280. The number of allylic oxidation sites excluding steroid dienone is 1. The molecule has 0 N–H and O–H groups in total. The van der Waals surface area contributed by atoms with E-state index in [9.17, 15) is 19.2 Å². The molecule has 5 fully saturated rings. The first kappa shape index (κ1) is 47.4. The molecule has 0 spiro atoms. The van der Waals surface area contributed by atoms with Crippen LogP contribution in [-0.2, 0) is 35.1 Å². The Morgan fingerprint density at radius 2 is 1.74 bits per heavy atom. The number of hydrogen-bond acceptors (Lipinski definition) is 13. The van der Waals surface area contributed by atoms with E-state index >= 15 is 0 Å². The van der Waals surface area contributed by atoms with Crippen LogP contribution in [0.15, 0.2) is 36.2 Å². The third-order valence-electron chi connectivity index (χ3n) is 14.4. The van der Waals surface area contributed by atoms with E-state index in [1.54, 1.807) is 22.3 Å². The van der Waals surface area contributed by atoms with E-state index in [1.165, 1.54) is 13.5 Å². The van der Waals surface area contributed by atoms with Crippen molar-refractivity contribution in [1.29, 1.82) is 0 Å². The monoisotopic (exact) mass is 931 g/mol. The lowest BCUT2D eigenvalue weighted by Gasteiger charge is -2.35. The Kier molecular flexibility index (Phi) is 14.0. The van der Waals surface area contributed by atoms with Crippen molar-refractivity contribution in [2.45, 2.75) is 104 Å². The van der Waals surface area contributed by atoms with E-state index in [-0.39, 0.29) is 49.5 Å². The van der Waals surface area contributed by atoms with Crippen LogP contribution in [0.1, 0.15) is 84.6 Å². The van der Waals surface area contributed by atoms with Gasteiger partial charge in [-0.3, -0.25) is 24.1 Å². The summed E-state index contributed by atoms with van der Waals surface area (Å²) in [5.74, 6) is 0.262. The molecule has 2 unspecified atom stereocenters. The van der Waals surface area contributed by atoms with Crippen molar-refractivity contribution in [3.63, 3.8) is 0 Å². The minimum Gasteiger partial charge on any atom is -0.491 e. The number of rotatable bonds is 18. The van der Waals surface area contributed by atoms with Gasteiger partial charge in [0.05, 0.1) is 59.4 Å². The molecular formula is C50H66ClN5O8S. The molecule has 2 aromatic heterocycles. The van der Waals surface area contributed by atoms with Crippen molar-refractivity contribution in [2.75, 3.05) is 60.0 Å². The van der Waals surface area contributed by atoms with Gasteiger partial charge in [-0.25, -0.2) is 9.97 Å². The number of amides is 1. The number of aromatic nitrogens is 2. The van der Waals surface area contributed by atoms with E-state index in [4.69, 9.17) is 40.5 Å². The molecule has 3 saturated carbocycles. The summed E-state index contributed by atoms with van der Waals surface area (Å²) in [6.07, 6.45) is 5.12. The maximum atomic E-state index is 15.0. The van der Waals surface area contributed by atoms with Gasteiger partial charge in [-0.15, -0.1) is 17.9 Å². The van der Waals surface area contributed by atoms with Crippen LogP contribution in [0.5, 0.6) is 11.5 Å². The molecule has 0 radical (unpaired) electrons. The van der Waals surface area contributed by atoms with Crippen LogP contribution in [-0.4, -0.2) is 127 Å². The average Bonchev–Trinajstić information content (AvgIpc) is 3.92. The fraction of sp³-hybridized carbons (Fsp3) is 0.640. The molecule has 1 amide bonds. The lowest BCUT2D eigenvalue weighted by Crippen LogP contribution is -2.48. The molecular weight excluding hydrogens is 866 g/mol. The smallest absolute Gasteiger partial charge is 0.312 e. The third-order valence-corrected chi connectivity index (χ3v) is 15.7. The summed E-state index contributed by atoms with van der Waals surface area (Å²) in [4.78, 5) is 72.6. The number of fused-ring (bicyclic) bond motifs is 2. The summed E-state index contributed by atoms with van der Waals surface area (Å²) in [6.45, 7) is 19.3. The van der Waals surface area contributed by atoms with Gasteiger partial charge in [-0.05, 0) is 74.0 Å². The van der Waals surface area contributed by atoms with Gasteiger partial charge in [0.1, 0.15) is 35.3 Å². The highest BCUT2D eigenvalue weighted by Crippen LogP contribution is 2.57. The summed E-state index contributed by atoms with van der Waals surface area (Å²) < 4.78 is 24.4. The maximum absolute atomic E-state index is 15.0. The topological polar surface area (TPSA) is 141 Å². The van der Waals surface area contributed by atoms with Crippen molar-refractivity contribution in [2.24, 2.45) is 40.4 Å². The first-order valence-electron chi connectivity index (χ1n) is 23.5. The molecule has 13 nitrogen and oxygen atoms in total. The number of carbonyl (C=O) groups excluding carboxylic acids is 4. The second-order valence-electron chi connectivity index (χ2n) is 20.8. The zero-order valence-corrected chi connectivity index (χ0v) is 40.7. The summed E-state index contributed by atoms with van der Waals surface area (Å²) in [6, 6.07) is 4.66. The lowest BCUT2D eigenvalue weighted by atomic mass is 9.77. The number of esters is 2. The quantitative estimate of drug-likeness (QED) is 0.0905. The summed E-state index contributed by atoms with van der Waals surface area (Å²) in [5, 5.41) is 3.98. The highest BCUT2D eigenvalue weighted by Gasteiger charge is 2.61. The molecule has 2 saturated heterocycles. The van der Waals surface area contributed by atoms with Crippen molar-refractivity contribution in [3.8, 4) is 22.9 Å². The Morgan fingerprint density at radius 1 is 1.00 bits per heavy atom. The second kappa shape index (κ2) is 19.2. The van der Waals surface area contributed by atoms with E-state index in [1.807, 2.05) is 44.4 Å². The largest absolute Gasteiger partial charge is 0.491 e. The van der Waals surface area contributed by atoms with Crippen LogP contribution in [0.3, 0.4) is 0 Å². The first-order chi connectivity index (χ1) is 31.0. The molecule has 1 aromatic carbocycles. The van der Waals surface area contributed by atoms with Gasteiger partial charge in [-0.1, -0.05) is 52.3 Å². The molecule has 8 atom stereocenters. The minimum atomic E-state index is -1.03. The van der Waals surface area contributed by atoms with E-state index in [0.29, 0.717) is 69.6 Å². The normalized spacial score (nSPS) is 27.1. The average molecular weight is 933 g/mol. The van der Waals surface area contributed by atoms with E-state index < -0.39 is 40.8 Å². The number of pyridine rings is 1. The number of thiazole rings is 1. The van der Waals surface area contributed by atoms with Gasteiger partial charge < -0.3 is 28.7 Å². The fourth-order valence-electron chi connectivity index (χ4n) is 10.3. The maximum Gasteiger partial charge on any atom is 0.312 e. The molecule has 4 heterocycles. The Labute approximate surface area is 392 Å². The number of likely N-dealkylation sites (N-methyl/N-ethyl adjacent to an activating group) is 1. The Morgan fingerprint density at radius 3 is 2.40 bits per heavy atom. The summed E-state index contributed by atoms with van der Waals surface area (Å²) >= 11 is 8.76. The predicted molar refractivity (Wildman–Crippen MR) is 251 cm³/mol. The molecule has 0 bridgehead atoms. The number of carbonyl (C=O) groups is 4. The van der Waals surface area contributed by atoms with E-state index in [2.05, 4.69) is 37.3 Å². The number of ketones is 1. The van der Waals surface area contributed by atoms with Crippen molar-refractivity contribution >= 4 is 57.5 Å². The van der Waals surface area contributed by atoms with Crippen LogP contribution in [0, 0.1) is 40.4 Å². The van der Waals surface area contributed by atoms with Gasteiger partial charge in [0.2, 0.25) is 5.91 Å². The Balaban J connectivity index is 1.09. The molecule has 15 heteroatoms. The first-order valence-corrected chi connectivity index (χ1v) is 24.7. The zero-order valence-electron chi connectivity index (χ0n) is 39.1. The predicted octanol–water partition coefficient (Wildman–Crippen LogP) is 7.90. The number of ether oxygens (including phenoxy) is 4. The highest BCUT2D eigenvalue weighted by molar-refractivity contribution is 7.09. The molecule has 5 aliphatic rings. The number of nitrogens with zero attached hydrogens (tertiary/aromatic N) is 5. The highest BCUT2D eigenvalue weighted by atomic mass is 35.5. The van der Waals surface area contributed by atoms with E-state index in [0.717, 1.165) is 57.0 Å². The van der Waals surface area contributed by atoms with Gasteiger partial charge in [0, 0.05) is 68.8 Å². The van der Waals surface area contributed by atoms with Gasteiger partial charge >= 0.3 is 11.9 Å². The third kappa shape index (κ3) is 10.6. The number of likely N-dealkylation sites (tertiary alicyclic amines) is 1. The molecule has 3 aromatic rings. The number of piperazine rings is 1. The zero-order chi connectivity index (χ0) is 46.4. The van der Waals surface area contributed by atoms with Crippen LogP contribution >= 0.6 is 22.9 Å². The molecule has 65 heavy (non-hydrogen) atoms. The summed E-state index contributed by atoms with van der Waals surface area (Å²) in [7, 11) is 3.46. The summed E-state index contributed by atoms with van der Waals surface area (Å²) in [5.41, 5.74) is 0.0784. The number of hydrogen-bond donors (Lipinski definition) is 0.